The van der Waals surface area contributed by atoms with E-state index in [4.69, 9.17) is 4.74 Å². The predicted octanol–water partition coefficient (Wildman–Crippen LogP) is 0.870. The molecule has 1 aromatic heterocycles. The first kappa shape index (κ1) is 10.7. The third kappa shape index (κ3) is 3.09. The van der Waals surface area contributed by atoms with Gasteiger partial charge in [-0.3, -0.25) is 4.79 Å². The van der Waals surface area contributed by atoms with Gasteiger partial charge in [0.25, 0.3) is 6.29 Å². The van der Waals surface area contributed by atoms with Crippen LogP contribution in [0.3, 0.4) is 0 Å². The maximum absolute atomic E-state index is 10.3. The lowest BCUT2D eigenvalue weighted by molar-refractivity contribution is 0.0777. The molecule has 1 fully saturated rings. The van der Waals surface area contributed by atoms with Crippen LogP contribution in [0, 0.1) is 0 Å². The Hall–Kier alpha value is -0.780. The summed E-state index contributed by atoms with van der Waals surface area (Å²) >= 11 is 1.39. The summed E-state index contributed by atoms with van der Waals surface area (Å²) in [6.07, 6.45) is 5.65. The second-order valence-corrected chi connectivity index (χ2v) is 4.62. The Morgan fingerprint density at radius 3 is 3.07 bits per heavy atom. The van der Waals surface area contributed by atoms with E-state index in [0.29, 0.717) is 11.0 Å². The summed E-state index contributed by atoms with van der Waals surface area (Å²) in [6.45, 7) is 2.46. The molecule has 2 rings (SSSR count). The number of nitrogens with zero attached hydrogens (tertiary/aromatic N) is 1. The number of ether oxygens (including phenoxy) is 1. The zero-order valence-electron chi connectivity index (χ0n) is 8.36. The van der Waals surface area contributed by atoms with Crippen LogP contribution in [0.4, 0.5) is 0 Å². The second-order valence-electron chi connectivity index (χ2n) is 3.50. The molecule has 0 aromatic carbocycles. The highest BCUT2D eigenvalue weighted by atomic mass is 32.1. The molecule has 0 bridgehead atoms. The molecule has 0 aliphatic carbocycles. The van der Waals surface area contributed by atoms with Crippen LogP contribution in [0.1, 0.15) is 22.7 Å². The topological polar surface area (TPSA) is 51.2 Å². The molecule has 2 heterocycles. The van der Waals surface area contributed by atoms with Crippen LogP contribution in [0.15, 0.2) is 6.20 Å². The van der Waals surface area contributed by atoms with Crippen molar-refractivity contribution in [2.45, 2.75) is 25.4 Å². The number of hydrogen-bond donors (Lipinski definition) is 1. The first-order valence-corrected chi connectivity index (χ1v) is 5.84. The van der Waals surface area contributed by atoms with E-state index in [-0.39, 0.29) is 0 Å². The molecule has 1 aromatic rings. The first-order chi connectivity index (χ1) is 7.38. The lowest BCUT2D eigenvalue weighted by Crippen LogP contribution is -2.34. The third-order valence-corrected chi connectivity index (χ3v) is 3.32. The molecule has 0 saturated carbocycles. The number of carbonyl (C=O) groups excluding carboxylic acids is 1. The number of hydrogen-bond acceptors (Lipinski definition) is 5. The Kier molecular flexibility index (Phi) is 3.82. The zero-order valence-corrected chi connectivity index (χ0v) is 9.18. The van der Waals surface area contributed by atoms with Gasteiger partial charge in [-0.05, 0) is 12.8 Å². The van der Waals surface area contributed by atoms with Gasteiger partial charge < -0.3 is 10.1 Å². The van der Waals surface area contributed by atoms with Crippen LogP contribution in [0.2, 0.25) is 0 Å². The van der Waals surface area contributed by atoms with Gasteiger partial charge >= 0.3 is 0 Å². The van der Waals surface area contributed by atoms with Gasteiger partial charge in [-0.2, -0.15) is 0 Å². The van der Waals surface area contributed by atoms with E-state index in [1.165, 1.54) is 11.3 Å². The van der Waals surface area contributed by atoms with Gasteiger partial charge in [0.05, 0.1) is 0 Å². The first-order valence-electron chi connectivity index (χ1n) is 5.02. The number of rotatable bonds is 4. The van der Waals surface area contributed by atoms with Gasteiger partial charge in [-0.15, -0.1) is 11.3 Å². The molecule has 0 spiro atoms. The number of aromatic nitrogens is 1. The van der Waals surface area contributed by atoms with Gasteiger partial charge in [0.2, 0.25) is 0 Å². The van der Waals surface area contributed by atoms with Crippen molar-refractivity contribution in [3.05, 3.63) is 16.1 Å². The fraction of sp³-hybridized carbons (Fsp3) is 0.600. The third-order valence-electron chi connectivity index (χ3n) is 2.43. The molecule has 5 heteroatoms. The van der Waals surface area contributed by atoms with E-state index in [1.54, 1.807) is 12.5 Å². The van der Waals surface area contributed by atoms with E-state index in [9.17, 15) is 4.79 Å². The van der Waals surface area contributed by atoms with Crippen LogP contribution in [0.5, 0.6) is 0 Å². The minimum absolute atomic E-state index is 0.429. The summed E-state index contributed by atoms with van der Waals surface area (Å²) in [7, 11) is 0. The van der Waals surface area contributed by atoms with E-state index in [1.807, 2.05) is 0 Å². The Morgan fingerprint density at radius 2 is 2.40 bits per heavy atom. The lowest BCUT2D eigenvalue weighted by atomic mass is 10.1. The monoisotopic (exact) mass is 225 g/mol. The molecule has 1 N–H and O–H groups in total. The highest BCUT2D eigenvalue weighted by Gasteiger charge is 2.13. The molecule has 0 unspecified atom stereocenters. The fourth-order valence-corrected chi connectivity index (χ4v) is 2.24. The minimum atomic E-state index is 0.429. The maximum Gasteiger partial charge on any atom is 0.264 e. The normalized spacial score (nSPS) is 17.9. The fourth-order valence-electron chi connectivity index (χ4n) is 1.58. The molecule has 1 radical (unpaired) electrons. The van der Waals surface area contributed by atoms with E-state index < -0.39 is 0 Å². The molecule has 4 nitrogen and oxygen atoms in total. The molecular formula is C10H13N2O2S. The Bertz CT molecular complexity index is 321. The average molecular weight is 225 g/mol. The summed E-state index contributed by atoms with van der Waals surface area (Å²) < 4.78 is 5.27. The highest BCUT2D eigenvalue weighted by Crippen LogP contribution is 2.12. The van der Waals surface area contributed by atoms with Crippen LogP contribution < -0.4 is 5.32 Å². The standard InChI is InChI=1S/C10H13N2O2S/c13-7-10-12-6-9(15-10)5-11-8-1-3-14-4-2-8/h6,8,11H,1-5H2. The van der Waals surface area contributed by atoms with Gasteiger partial charge in [0, 0.05) is 36.9 Å². The van der Waals surface area contributed by atoms with Gasteiger partial charge in [0.15, 0.2) is 5.01 Å². The van der Waals surface area contributed by atoms with Crippen molar-refractivity contribution in [1.29, 1.82) is 0 Å². The summed E-state index contributed by atoms with van der Waals surface area (Å²) in [5.74, 6) is 0. The van der Waals surface area contributed by atoms with Crippen LogP contribution in [-0.2, 0) is 16.1 Å². The predicted molar refractivity (Wildman–Crippen MR) is 57.6 cm³/mol. The van der Waals surface area contributed by atoms with Crippen molar-refractivity contribution in [3.8, 4) is 0 Å². The van der Waals surface area contributed by atoms with Crippen molar-refractivity contribution in [2.75, 3.05) is 13.2 Å². The lowest BCUT2D eigenvalue weighted by Gasteiger charge is -2.22. The van der Waals surface area contributed by atoms with Gasteiger partial charge in [0.1, 0.15) is 0 Å². The van der Waals surface area contributed by atoms with Crippen molar-refractivity contribution in [1.82, 2.24) is 10.3 Å². The van der Waals surface area contributed by atoms with Gasteiger partial charge in [-0.25, -0.2) is 4.98 Å². The molecular weight excluding hydrogens is 212 g/mol. The van der Waals surface area contributed by atoms with Crippen LogP contribution in [0.25, 0.3) is 0 Å². The minimum Gasteiger partial charge on any atom is -0.381 e. The Morgan fingerprint density at radius 1 is 1.60 bits per heavy atom. The van der Waals surface area contributed by atoms with Crippen molar-refractivity contribution in [2.24, 2.45) is 0 Å². The second kappa shape index (κ2) is 5.34. The summed E-state index contributed by atoms with van der Waals surface area (Å²) in [4.78, 5) is 15.3. The summed E-state index contributed by atoms with van der Waals surface area (Å²) in [5.41, 5.74) is 0. The number of thiazole rings is 1. The van der Waals surface area contributed by atoms with E-state index in [0.717, 1.165) is 37.5 Å². The van der Waals surface area contributed by atoms with Crippen LogP contribution >= 0.6 is 11.3 Å². The number of nitrogens with one attached hydrogen (secondary N) is 1. The van der Waals surface area contributed by atoms with E-state index in [2.05, 4.69) is 10.3 Å². The Balaban J connectivity index is 1.79. The molecule has 0 amide bonds. The summed E-state index contributed by atoms with van der Waals surface area (Å²) in [6, 6.07) is 0.532. The summed E-state index contributed by atoms with van der Waals surface area (Å²) in [5, 5.41) is 3.87. The molecule has 81 valence electrons. The van der Waals surface area contributed by atoms with Gasteiger partial charge in [-0.1, -0.05) is 0 Å². The average Bonchev–Trinajstić information content (AvgIpc) is 2.76. The van der Waals surface area contributed by atoms with E-state index >= 15 is 0 Å². The zero-order chi connectivity index (χ0) is 10.5. The molecule has 0 atom stereocenters. The smallest absolute Gasteiger partial charge is 0.264 e. The molecule has 15 heavy (non-hydrogen) atoms. The van der Waals surface area contributed by atoms with Crippen molar-refractivity contribution in [3.63, 3.8) is 0 Å². The quantitative estimate of drug-likeness (QED) is 0.826. The maximum atomic E-state index is 10.3. The molecule has 1 saturated heterocycles. The highest BCUT2D eigenvalue weighted by molar-refractivity contribution is 7.13. The Labute approximate surface area is 92.7 Å². The molecule has 1 aliphatic heterocycles. The van der Waals surface area contributed by atoms with Crippen molar-refractivity contribution >= 4 is 17.6 Å². The molecule has 1 aliphatic rings. The largest absolute Gasteiger partial charge is 0.381 e. The SMILES string of the molecule is O=[C]c1ncc(CNC2CCOCC2)s1. The van der Waals surface area contributed by atoms with Crippen LogP contribution in [-0.4, -0.2) is 30.5 Å². The van der Waals surface area contributed by atoms with Crippen molar-refractivity contribution < 1.29 is 9.53 Å².